The summed E-state index contributed by atoms with van der Waals surface area (Å²) in [6.45, 7) is 2.11. The number of fused-ring (bicyclic) bond motifs is 1. The summed E-state index contributed by atoms with van der Waals surface area (Å²) in [7, 11) is 2.09. The van der Waals surface area contributed by atoms with Gasteiger partial charge in [-0.3, -0.25) is 0 Å². The Bertz CT molecular complexity index is 666. The summed E-state index contributed by atoms with van der Waals surface area (Å²) < 4.78 is 2.20. The maximum Gasteiger partial charge on any atom is 0.287 e. The second kappa shape index (κ2) is 3.74. The minimum atomic E-state index is 1.14. The van der Waals surface area contributed by atoms with Gasteiger partial charge in [0.05, 0.1) is 12.6 Å². The van der Waals surface area contributed by atoms with Gasteiger partial charge in [-0.15, -0.1) is 0 Å². The second-order valence-corrected chi connectivity index (χ2v) is 4.42. The number of imidazole rings is 1. The van der Waals surface area contributed by atoms with Crippen molar-refractivity contribution in [1.29, 1.82) is 0 Å². The summed E-state index contributed by atoms with van der Waals surface area (Å²) in [5.74, 6) is 1.14. The van der Waals surface area contributed by atoms with Crippen molar-refractivity contribution in [2.45, 2.75) is 6.92 Å². The van der Waals surface area contributed by atoms with Crippen LogP contribution in [0.5, 0.6) is 0 Å². The van der Waals surface area contributed by atoms with Gasteiger partial charge in [0.2, 0.25) is 0 Å². The lowest BCUT2D eigenvalue weighted by Gasteiger charge is -1.94. The molecule has 0 atom stereocenters. The topological polar surface area (TPSA) is 19.7 Å². The number of rotatable bonds is 1. The lowest BCUT2D eigenvalue weighted by molar-refractivity contribution is -0.633. The van der Waals surface area contributed by atoms with Gasteiger partial charge in [0, 0.05) is 0 Å². The van der Waals surface area contributed by atoms with E-state index in [4.69, 9.17) is 0 Å². The molecule has 1 aromatic heterocycles. The molecule has 0 radical (unpaired) electrons. The summed E-state index contributed by atoms with van der Waals surface area (Å²) in [4.78, 5) is 3.48. The first-order valence-corrected chi connectivity index (χ1v) is 5.79. The Kier molecular flexibility index (Phi) is 2.22. The number of H-pyrrole nitrogens is 1. The predicted molar refractivity (Wildman–Crippen MR) is 69.6 cm³/mol. The number of nitrogens with zero attached hydrogens (tertiary/aromatic N) is 1. The van der Waals surface area contributed by atoms with E-state index in [1.165, 1.54) is 22.2 Å². The fraction of sp³-hybridized carbons (Fsp3) is 0.133. The highest BCUT2D eigenvalue weighted by atomic mass is 15.1. The zero-order valence-electron chi connectivity index (χ0n) is 10.1. The van der Waals surface area contributed by atoms with Crippen LogP contribution in [0.15, 0.2) is 48.5 Å². The molecular weight excluding hydrogens is 208 g/mol. The van der Waals surface area contributed by atoms with Crippen LogP contribution in [0.2, 0.25) is 0 Å². The summed E-state index contributed by atoms with van der Waals surface area (Å²) >= 11 is 0. The molecule has 17 heavy (non-hydrogen) atoms. The van der Waals surface area contributed by atoms with Crippen LogP contribution in [-0.4, -0.2) is 4.98 Å². The molecule has 1 heterocycles. The van der Waals surface area contributed by atoms with E-state index in [9.17, 15) is 0 Å². The number of nitrogens with one attached hydrogen (secondary N) is 1. The molecule has 2 aromatic carbocycles. The third kappa shape index (κ3) is 1.62. The van der Waals surface area contributed by atoms with Crippen LogP contribution in [0.4, 0.5) is 0 Å². The first-order valence-electron chi connectivity index (χ1n) is 5.79. The van der Waals surface area contributed by atoms with Crippen LogP contribution < -0.4 is 4.57 Å². The molecular formula is C15H15N2+. The third-order valence-corrected chi connectivity index (χ3v) is 3.15. The predicted octanol–water partition coefficient (Wildman–Crippen LogP) is 2.97. The van der Waals surface area contributed by atoms with E-state index in [2.05, 4.69) is 66.0 Å². The first-order chi connectivity index (χ1) is 8.25. The van der Waals surface area contributed by atoms with Gasteiger partial charge in [-0.05, 0) is 36.8 Å². The van der Waals surface area contributed by atoms with Crippen LogP contribution >= 0.6 is 0 Å². The average molecular weight is 223 g/mol. The fourth-order valence-electron chi connectivity index (χ4n) is 2.24. The van der Waals surface area contributed by atoms with Gasteiger partial charge in [-0.25, -0.2) is 9.55 Å². The van der Waals surface area contributed by atoms with Crippen LogP contribution in [0.1, 0.15) is 5.56 Å². The monoisotopic (exact) mass is 223 g/mol. The van der Waals surface area contributed by atoms with E-state index < -0.39 is 0 Å². The van der Waals surface area contributed by atoms with E-state index in [1.807, 2.05) is 6.07 Å². The van der Waals surface area contributed by atoms with Crippen molar-refractivity contribution in [3.05, 3.63) is 54.1 Å². The smallest absolute Gasteiger partial charge is 0.236 e. The van der Waals surface area contributed by atoms with Gasteiger partial charge < -0.3 is 0 Å². The molecule has 2 nitrogen and oxygen atoms in total. The van der Waals surface area contributed by atoms with Crippen molar-refractivity contribution >= 4 is 11.0 Å². The summed E-state index contributed by atoms with van der Waals surface area (Å²) in [6.07, 6.45) is 0. The number of aryl methyl sites for hydroxylation is 2. The first kappa shape index (κ1) is 10.1. The molecule has 3 rings (SSSR count). The van der Waals surface area contributed by atoms with Crippen molar-refractivity contribution in [2.24, 2.45) is 7.05 Å². The van der Waals surface area contributed by atoms with Crippen molar-refractivity contribution in [1.82, 2.24) is 4.98 Å². The molecule has 0 bridgehead atoms. The molecule has 0 aliphatic heterocycles. The third-order valence-electron chi connectivity index (χ3n) is 3.15. The zero-order chi connectivity index (χ0) is 11.8. The molecule has 2 heteroatoms. The molecule has 0 aliphatic rings. The van der Waals surface area contributed by atoms with Crippen molar-refractivity contribution in [3.63, 3.8) is 0 Å². The standard InChI is InChI=1S/C15H14N2/c1-11-8-9-14-13(10-11)16-15(17(14)2)12-6-4-3-5-7-12/h3-10H,1-2H3/p+1. The lowest BCUT2D eigenvalue weighted by atomic mass is 10.2. The second-order valence-electron chi connectivity index (χ2n) is 4.42. The van der Waals surface area contributed by atoms with Crippen LogP contribution in [0.25, 0.3) is 22.4 Å². The highest BCUT2D eigenvalue weighted by molar-refractivity contribution is 5.75. The van der Waals surface area contributed by atoms with Gasteiger partial charge in [0.1, 0.15) is 0 Å². The molecule has 84 valence electrons. The Morgan fingerprint density at radius 3 is 2.53 bits per heavy atom. The Morgan fingerprint density at radius 1 is 1.00 bits per heavy atom. The Hall–Kier alpha value is -2.09. The van der Waals surface area contributed by atoms with E-state index in [0.29, 0.717) is 0 Å². The largest absolute Gasteiger partial charge is 0.287 e. The van der Waals surface area contributed by atoms with Gasteiger partial charge in [-0.1, -0.05) is 24.3 Å². The van der Waals surface area contributed by atoms with E-state index in [-0.39, 0.29) is 0 Å². The average Bonchev–Trinajstić information content (AvgIpc) is 2.67. The molecule has 0 saturated carbocycles. The Balaban J connectivity index is 2.28. The van der Waals surface area contributed by atoms with Crippen LogP contribution in [0.3, 0.4) is 0 Å². The molecule has 0 aliphatic carbocycles. The fourth-order valence-corrected chi connectivity index (χ4v) is 2.24. The number of hydrogen-bond donors (Lipinski definition) is 1. The molecule has 1 N–H and O–H groups in total. The minimum Gasteiger partial charge on any atom is -0.236 e. The highest BCUT2D eigenvalue weighted by Gasteiger charge is 2.16. The van der Waals surface area contributed by atoms with Crippen molar-refractivity contribution in [3.8, 4) is 11.4 Å². The summed E-state index contributed by atoms with van der Waals surface area (Å²) in [5, 5.41) is 0. The number of aromatic amines is 1. The Labute approximate surface area is 101 Å². The van der Waals surface area contributed by atoms with Crippen molar-refractivity contribution < 1.29 is 4.57 Å². The maximum absolute atomic E-state index is 3.48. The maximum atomic E-state index is 3.48. The molecule has 0 saturated heterocycles. The number of aromatic nitrogens is 2. The quantitative estimate of drug-likeness (QED) is 0.612. The molecule has 3 aromatic rings. The lowest BCUT2D eigenvalue weighted by Crippen LogP contribution is -2.28. The van der Waals surface area contributed by atoms with Gasteiger partial charge in [0.25, 0.3) is 5.82 Å². The van der Waals surface area contributed by atoms with Crippen molar-refractivity contribution in [2.75, 3.05) is 0 Å². The van der Waals surface area contributed by atoms with Gasteiger partial charge in [0.15, 0.2) is 11.0 Å². The SMILES string of the molecule is Cc1ccc2c(c1)[nH]c(-c1ccccc1)[n+]2C. The minimum absolute atomic E-state index is 1.14. The van der Waals surface area contributed by atoms with E-state index in [1.54, 1.807) is 0 Å². The molecule has 0 fully saturated rings. The molecule has 0 unspecified atom stereocenters. The number of hydrogen-bond acceptors (Lipinski definition) is 0. The van der Waals surface area contributed by atoms with E-state index >= 15 is 0 Å². The van der Waals surface area contributed by atoms with Crippen LogP contribution in [-0.2, 0) is 7.05 Å². The number of benzene rings is 2. The van der Waals surface area contributed by atoms with Gasteiger partial charge >= 0.3 is 0 Å². The molecule has 0 amide bonds. The van der Waals surface area contributed by atoms with Crippen LogP contribution in [0, 0.1) is 6.92 Å². The Morgan fingerprint density at radius 2 is 1.76 bits per heavy atom. The van der Waals surface area contributed by atoms with Gasteiger partial charge in [-0.2, -0.15) is 0 Å². The molecule has 0 spiro atoms. The normalized spacial score (nSPS) is 10.9. The van der Waals surface area contributed by atoms with E-state index in [0.717, 1.165) is 5.82 Å². The summed E-state index contributed by atoms with van der Waals surface area (Å²) in [5.41, 5.74) is 4.91. The highest BCUT2D eigenvalue weighted by Crippen LogP contribution is 2.18. The zero-order valence-corrected chi connectivity index (χ0v) is 10.1. The summed E-state index contributed by atoms with van der Waals surface area (Å²) in [6, 6.07) is 16.9.